The molecule has 0 aliphatic heterocycles. The van der Waals surface area contributed by atoms with Crippen molar-refractivity contribution in [3.05, 3.63) is 0 Å². The van der Waals surface area contributed by atoms with Crippen molar-refractivity contribution in [2.75, 3.05) is 6.61 Å². The van der Waals surface area contributed by atoms with Crippen LogP contribution in [0.2, 0.25) is 0 Å². The molecule has 0 aromatic rings. The van der Waals surface area contributed by atoms with E-state index in [1.165, 1.54) is 0 Å². The Morgan fingerprint density at radius 2 is 2.00 bits per heavy atom. The first kappa shape index (κ1) is 10.0. The minimum Gasteiger partial charge on any atom is -0.396 e. The molecule has 12 heavy (non-hydrogen) atoms. The number of hydrogen-bond donors (Lipinski definition) is 2. The minimum atomic E-state index is -0.194. The summed E-state index contributed by atoms with van der Waals surface area (Å²) in [5.41, 5.74) is 0. The van der Waals surface area contributed by atoms with Crippen LogP contribution in [-0.2, 0) is 0 Å². The first-order valence-electron chi connectivity index (χ1n) is 4.99. The van der Waals surface area contributed by atoms with E-state index in [4.69, 9.17) is 5.11 Å². The molecule has 1 fully saturated rings. The Labute approximate surface area is 74.6 Å². The molecule has 72 valence electrons. The SMILES string of the molecule is CCC1C(CO)CCC(C)C1O. The third-order valence-corrected chi connectivity index (χ3v) is 3.33. The largest absolute Gasteiger partial charge is 0.396 e. The van der Waals surface area contributed by atoms with E-state index < -0.39 is 0 Å². The quantitative estimate of drug-likeness (QED) is 0.661. The van der Waals surface area contributed by atoms with Gasteiger partial charge in [-0.3, -0.25) is 0 Å². The van der Waals surface area contributed by atoms with E-state index in [-0.39, 0.29) is 12.7 Å². The van der Waals surface area contributed by atoms with Crippen molar-refractivity contribution in [1.29, 1.82) is 0 Å². The zero-order valence-corrected chi connectivity index (χ0v) is 8.03. The lowest BCUT2D eigenvalue weighted by Gasteiger charge is -2.38. The molecule has 2 heteroatoms. The van der Waals surface area contributed by atoms with Crippen LogP contribution >= 0.6 is 0 Å². The van der Waals surface area contributed by atoms with Gasteiger partial charge in [0.1, 0.15) is 0 Å². The summed E-state index contributed by atoms with van der Waals surface area (Å²) in [6, 6.07) is 0. The predicted octanol–water partition coefficient (Wildman–Crippen LogP) is 1.41. The molecule has 2 nitrogen and oxygen atoms in total. The predicted molar refractivity (Wildman–Crippen MR) is 48.8 cm³/mol. The van der Waals surface area contributed by atoms with Gasteiger partial charge in [0.05, 0.1) is 6.10 Å². The monoisotopic (exact) mass is 172 g/mol. The van der Waals surface area contributed by atoms with Gasteiger partial charge in [-0.2, -0.15) is 0 Å². The standard InChI is InChI=1S/C10H20O2/c1-3-9-8(6-11)5-4-7(2)10(9)12/h7-12H,3-6H2,1-2H3. The minimum absolute atomic E-state index is 0.194. The molecular formula is C10H20O2. The Morgan fingerprint density at radius 1 is 1.33 bits per heavy atom. The molecule has 0 bridgehead atoms. The second-order valence-corrected chi connectivity index (χ2v) is 4.06. The van der Waals surface area contributed by atoms with Crippen LogP contribution in [0.1, 0.15) is 33.1 Å². The van der Waals surface area contributed by atoms with Gasteiger partial charge in [0.2, 0.25) is 0 Å². The first-order chi connectivity index (χ1) is 5.70. The molecule has 1 rings (SSSR count). The average Bonchev–Trinajstić information content (AvgIpc) is 2.09. The van der Waals surface area contributed by atoms with Crippen molar-refractivity contribution >= 4 is 0 Å². The molecule has 0 spiro atoms. The van der Waals surface area contributed by atoms with Gasteiger partial charge in [-0.1, -0.05) is 20.3 Å². The first-order valence-corrected chi connectivity index (χ1v) is 4.99. The smallest absolute Gasteiger partial charge is 0.0597 e. The topological polar surface area (TPSA) is 40.5 Å². The fraction of sp³-hybridized carbons (Fsp3) is 1.00. The number of aliphatic hydroxyl groups is 2. The highest BCUT2D eigenvalue weighted by Crippen LogP contribution is 2.35. The van der Waals surface area contributed by atoms with E-state index in [2.05, 4.69) is 13.8 Å². The average molecular weight is 172 g/mol. The van der Waals surface area contributed by atoms with Crippen LogP contribution in [0.25, 0.3) is 0 Å². The van der Waals surface area contributed by atoms with E-state index in [9.17, 15) is 5.11 Å². The summed E-state index contributed by atoms with van der Waals surface area (Å²) in [4.78, 5) is 0. The molecule has 0 amide bonds. The number of rotatable bonds is 2. The second kappa shape index (κ2) is 4.24. The molecule has 1 saturated carbocycles. The lowest BCUT2D eigenvalue weighted by atomic mass is 9.72. The second-order valence-electron chi connectivity index (χ2n) is 4.06. The lowest BCUT2D eigenvalue weighted by Crippen LogP contribution is -2.38. The van der Waals surface area contributed by atoms with E-state index in [0.29, 0.717) is 17.8 Å². The Balaban J connectivity index is 2.58. The van der Waals surface area contributed by atoms with Gasteiger partial charge in [-0.25, -0.2) is 0 Å². The summed E-state index contributed by atoms with van der Waals surface area (Å²) in [6.07, 6.45) is 2.92. The fourth-order valence-electron chi connectivity index (χ4n) is 2.36. The van der Waals surface area contributed by atoms with Gasteiger partial charge in [0, 0.05) is 6.61 Å². The molecule has 0 aromatic heterocycles. The van der Waals surface area contributed by atoms with Crippen molar-refractivity contribution in [1.82, 2.24) is 0 Å². The molecular weight excluding hydrogens is 152 g/mol. The van der Waals surface area contributed by atoms with Crippen LogP contribution in [0.3, 0.4) is 0 Å². The van der Waals surface area contributed by atoms with Crippen LogP contribution in [-0.4, -0.2) is 22.9 Å². The summed E-state index contributed by atoms with van der Waals surface area (Å²) < 4.78 is 0. The third-order valence-electron chi connectivity index (χ3n) is 3.33. The van der Waals surface area contributed by atoms with Crippen molar-refractivity contribution in [3.63, 3.8) is 0 Å². The Bertz CT molecular complexity index is 134. The zero-order chi connectivity index (χ0) is 9.14. The summed E-state index contributed by atoms with van der Waals surface area (Å²) in [5.74, 6) is 1.07. The maximum absolute atomic E-state index is 9.83. The lowest BCUT2D eigenvalue weighted by molar-refractivity contribution is -0.0256. The summed E-state index contributed by atoms with van der Waals surface area (Å²) in [5, 5.41) is 18.9. The molecule has 4 unspecified atom stereocenters. The highest BCUT2D eigenvalue weighted by Gasteiger charge is 2.34. The molecule has 0 radical (unpaired) electrons. The molecule has 1 aliphatic rings. The molecule has 1 aliphatic carbocycles. The molecule has 0 saturated heterocycles. The third kappa shape index (κ3) is 1.80. The van der Waals surface area contributed by atoms with Crippen LogP contribution < -0.4 is 0 Å². The maximum atomic E-state index is 9.83. The summed E-state index contributed by atoms with van der Waals surface area (Å²) in [6.45, 7) is 4.43. The van der Waals surface area contributed by atoms with Gasteiger partial charge < -0.3 is 10.2 Å². The molecule has 4 atom stereocenters. The van der Waals surface area contributed by atoms with E-state index in [1.54, 1.807) is 0 Å². The van der Waals surface area contributed by atoms with Gasteiger partial charge in [0.15, 0.2) is 0 Å². The molecule has 0 aromatic carbocycles. The summed E-state index contributed by atoms with van der Waals surface area (Å²) >= 11 is 0. The van der Waals surface area contributed by atoms with Crippen LogP contribution in [0.4, 0.5) is 0 Å². The highest BCUT2D eigenvalue weighted by atomic mass is 16.3. The number of hydrogen-bond acceptors (Lipinski definition) is 2. The van der Waals surface area contributed by atoms with Gasteiger partial charge in [-0.05, 0) is 30.6 Å². The van der Waals surface area contributed by atoms with Crippen molar-refractivity contribution in [2.45, 2.75) is 39.2 Å². The summed E-state index contributed by atoms with van der Waals surface area (Å²) in [7, 11) is 0. The van der Waals surface area contributed by atoms with Gasteiger partial charge >= 0.3 is 0 Å². The van der Waals surface area contributed by atoms with Crippen molar-refractivity contribution in [2.24, 2.45) is 17.8 Å². The fourth-order valence-corrected chi connectivity index (χ4v) is 2.36. The van der Waals surface area contributed by atoms with Gasteiger partial charge in [-0.15, -0.1) is 0 Å². The van der Waals surface area contributed by atoms with E-state index in [1.807, 2.05) is 0 Å². The van der Waals surface area contributed by atoms with Crippen molar-refractivity contribution in [3.8, 4) is 0 Å². The van der Waals surface area contributed by atoms with Gasteiger partial charge in [0.25, 0.3) is 0 Å². The van der Waals surface area contributed by atoms with E-state index >= 15 is 0 Å². The Hall–Kier alpha value is -0.0800. The van der Waals surface area contributed by atoms with Crippen LogP contribution in [0, 0.1) is 17.8 Å². The normalized spacial score (nSPS) is 43.0. The molecule has 2 N–H and O–H groups in total. The van der Waals surface area contributed by atoms with Crippen LogP contribution in [0.5, 0.6) is 0 Å². The Morgan fingerprint density at radius 3 is 2.50 bits per heavy atom. The van der Waals surface area contributed by atoms with Crippen LogP contribution in [0.15, 0.2) is 0 Å². The highest BCUT2D eigenvalue weighted by molar-refractivity contribution is 4.84. The maximum Gasteiger partial charge on any atom is 0.0597 e. The zero-order valence-electron chi connectivity index (χ0n) is 8.03. The number of aliphatic hydroxyl groups excluding tert-OH is 2. The van der Waals surface area contributed by atoms with Crippen molar-refractivity contribution < 1.29 is 10.2 Å². The van der Waals surface area contributed by atoms with E-state index in [0.717, 1.165) is 19.3 Å². The molecule has 0 heterocycles. The Kier molecular flexibility index (Phi) is 3.53.